The van der Waals surface area contributed by atoms with E-state index < -0.39 is 0 Å². The Morgan fingerprint density at radius 3 is 2.00 bits per heavy atom. The van der Waals surface area contributed by atoms with E-state index in [0.29, 0.717) is 6.04 Å². The van der Waals surface area contributed by atoms with Crippen molar-refractivity contribution in [1.82, 2.24) is 4.90 Å². The zero-order valence-corrected chi connectivity index (χ0v) is 25.5. The molecule has 1 saturated heterocycles. The standard InChI is InChI=1S/C34H57NO3/c1-6-7-8-9-10-11-12-13-14-15-16-17-18-19-21-34(4)22-20-28-29-25-30-33(36-24-23-35(30)5)37-31(29)26(2)27(3)32(28)38-34/h30,33H,6-25H2,1-5H3/t30-,33+,34?/m1/s1. The molecule has 4 nitrogen and oxygen atoms in total. The summed E-state index contributed by atoms with van der Waals surface area (Å²) in [4.78, 5) is 2.40. The van der Waals surface area contributed by atoms with E-state index in [0.717, 1.165) is 50.3 Å². The summed E-state index contributed by atoms with van der Waals surface area (Å²) in [6, 6.07) is 0.298. The lowest BCUT2D eigenvalue weighted by molar-refractivity contribution is -0.166. The maximum Gasteiger partial charge on any atom is 0.215 e. The first-order valence-corrected chi connectivity index (χ1v) is 16.3. The van der Waals surface area contributed by atoms with Gasteiger partial charge in [0.2, 0.25) is 6.29 Å². The monoisotopic (exact) mass is 527 g/mol. The third-order valence-electron chi connectivity index (χ3n) is 9.72. The van der Waals surface area contributed by atoms with E-state index in [9.17, 15) is 0 Å². The number of benzene rings is 1. The van der Waals surface area contributed by atoms with E-state index in [-0.39, 0.29) is 11.9 Å². The molecule has 0 radical (unpaired) electrons. The van der Waals surface area contributed by atoms with E-state index in [1.165, 1.54) is 112 Å². The smallest absolute Gasteiger partial charge is 0.215 e. The van der Waals surface area contributed by atoms with Crippen LogP contribution in [-0.4, -0.2) is 43.0 Å². The van der Waals surface area contributed by atoms with E-state index in [1.54, 1.807) is 0 Å². The van der Waals surface area contributed by atoms with Crippen molar-refractivity contribution in [3.8, 4) is 11.5 Å². The molecule has 3 atom stereocenters. The Kier molecular flexibility index (Phi) is 11.3. The number of hydrogen-bond acceptors (Lipinski definition) is 4. The average molecular weight is 528 g/mol. The van der Waals surface area contributed by atoms with Gasteiger partial charge < -0.3 is 14.2 Å². The third-order valence-corrected chi connectivity index (χ3v) is 9.72. The van der Waals surface area contributed by atoms with Crippen LogP contribution in [0.4, 0.5) is 0 Å². The highest BCUT2D eigenvalue weighted by Crippen LogP contribution is 2.48. The summed E-state index contributed by atoms with van der Waals surface area (Å²) in [5, 5.41) is 0. The van der Waals surface area contributed by atoms with E-state index in [1.807, 2.05) is 0 Å². The van der Waals surface area contributed by atoms with E-state index in [2.05, 4.69) is 39.6 Å². The Labute approximate surface area is 234 Å². The molecule has 216 valence electrons. The molecule has 0 bridgehead atoms. The fraction of sp³-hybridized carbons (Fsp3) is 0.824. The van der Waals surface area contributed by atoms with Crippen LogP contribution in [0.1, 0.15) is 139 Å². The third kappa shape index (κ3) is 7.47. The number of ether oxygens (including phenoxy) is 3. The predicted octanol–water partition coefficient (Wildman–Crippen LogP) is 8.85. The van der Waals surface area contributed by atoms with Crippen LogP contribution in [0.3, 0.4) is 0 Å². The Morgan fingerprint density at radius 1 is 0.789 bits per heavy atom. The molecule has 4 heteroatoms. The molecule has 1 fully saturated rings. The number of fused-ring (bicyclic) bond motifs is 4. The second-order valence-electron chi connectivity index (χ2n) is 12.9. The maximum absolute atomic E-state index is 6.87. The fourth-order valence-corrected chi connectivity index (χ4v) is 6.89. The summed E-state index contributed by atoms with van der Waals surface area (Å²) in [6.45, 7) is 10.8. The lowest BCUT2D eigenvalue weighted by atomic mass is 9.82. The van der Waals surface area contributed by atoms with Crippen LogP contribution in [0.15, 0.2) is 0 Å². The van der Waals surface area contributed by atoms with Crippen LogP contribution in [0.25, 0.3) is 0 Å². The van der Waals surface area contributed by atoms with Gasteiger partial charge in [0.1, 0.15) is 17.1 Å². The van der Waals surface area contributed by atoms with Gasteiger partial charge in [0.15, 0.2) is 0 Å². The van der Waals surface area contributed by atoms with Crippen molar-refractivity contribution in [3.05, 3.63) is 22.3 Å². The van der Waals surface area contributed by atoms with Gasteiger partial charge >= 0.3 is 0 Å². The van der Waals surface area contributed by atoms with Gasteiger partial charge in [0, 0.05) is 17.7 Å². The topological polar surface area (TPSA) is 30.9 Å². The van der Waals surface area contributed by atoms with Crippen molar-refractivity contribution in [2.75, 3.05) is 20.2 Å². The van der Waals surface area contributed by atoms with Crippen LogP contribution < -0.4 is 9.47 Å². The van der Waals surface area contributed by atoms with E-state index >= 15 is 0 Å². The van der Waals surface area contributed by atoms with Crippen LogP contribution in [0, 0.1) is 13.8 Å². The summed E-state index contributed by atoms with van der Waals surface area (Å²) in [5.41, 5.74) is 5.22. The average Bonchev–Trinajstić information content (AvgIpc) is 2.91. The Balaban J connectivity index is 1.18. The van der Waals surface area contributed by atoms with Gasteiger partial charge in [-0.2, -0.15) is 0 Å². The van der Waals surface area contributed by atoms with Gasteiger partial charge in [-0.15, -0.1) is 0 Å². The summed E-state index contributed by atoms with van der Waals surface area (Å²) in [7, 11) is 2.20. The first-order valence-electron chi connectivity index (χ1n) is 16.3. The number of likely N-dealkylation sites (N-methyl/N-ethyl adjacent to an activating group) is 1. The quantitative estimate of drug-likeness (QED) is 0.213. The van der Waals surface area contributed by atoms with Gasteiger partial charge in [-0.05, 0) is 71.0 Å². The molecule has 0 aliphatic carbocycles. The minimum atomic E-state index is -0.146. The van der Waals surface area contributed by atoms with Crippen molar-refractivity contribution < 1.29 is 14.2 Å². The van der Waals surface area contributed by atoms with Crippen molar-refractivity contribution in [1.29, 1.82) is 0 Å². The molecule has 1 aromatic rings. The van der Waals surface area contributed by atoms with Crippen molar-refractivity contribution in [2.45, 2.75) is 161 Å². The summed E-state index contributed by atoms with van der Waals surface area (Å²) in [5.74, 6) is 2.22. The molecule has 3 heterocycles. The predicted molar refractivity (Wildman–Crippen MR) is 159 cm³/mol. The second kappa shape index (κ2) is 14.4. The fourth-order valence-electron chi connectivity index (χ4n) is 6.89. The van der Waals surface area contributed by atoms with Crippen LogP contribution in [0.2, 0.25) is 0 Å². The first kappa shape index (κ1) is 29.7. The van der Waals surface area contributed by atoms with E-state index in [4.69, 9.17) is 14.2 Å². The molecule has 3 aliphatic heterocycles. The Bertz CT molecular complexity index is 883. The van der Waals surface area contributed by atoms with Gasteiger partial charge in [-0.25, -0.2) is 0 Å². The van der Waals surface area contributed by atoms with Crippen molar-refractivity contribution in [2.24, 2.45) is 0 Å². The zero-order chi connectivity index (χ0) is 27.0. The molecule has 1 unspecified atom stereocenters. The number of unbranched alkanes of at least 4 members (excludes halogenated alkanes) is 13. The summed E-state index contributed by atoms with van der Waals surface area (Å²) >= 11 is 0. The Hall–Kier alpha value is -1.26. The van der Waals surface area contributed by atoms with Gasteiger partial charge in [-0.1, -0.05) is 90.4 Å². The molecule has 0 spiro atoms. The van der Waals surface area contributed by atoms with Gasteiger partial charge in [-0.3, -0.25) is 4.90 Å². The lowest BCUT2D eigenvalue weighted by Crippen LogP contribution is -2.55. The minimum Gasteiger partial charge on any atom is -0.487 e. The zero-order valence-electron chi connectivity index (χ0n) is 25.5. The summed E-state index contributed by atoms with van der Waals surface area (Å²) in [6.07, 6.45) is 23.9. The molecular weight excluding hydrogens is 470 g/mol. The van der Waals surface area contributed by atoms with Gasteiger partial charge in [0.25, 0.3) is 0 Å². The highest BCUT2D eigenvalue weighted by Gasteiger charge is 2.41. The molecular formula is C34H57NO3. The molecule has 4 rings (SSSR count). The number of morpholine rings is 1. The Morgan fingerprint density at radius 2 is 1.37 bits per heavy atom. The summed E-state index contributed by atoms with van der Waals surface area (Å²) < 4.78 is 19.3. The molecule has 1 aromatic carbocycles. The molecule has 38 heavy (non-hydrogen) atoms. The van der Waals surface area contributed by atoms with Gasteiger partial charge in [0.05, 0.1) is 12.6 Å². The van der Waals surface area contributed by atoms with Crippen LogP contribution in [-0.2, 0) is 17.6 Å². The minimum absolute atomic E-state index is 0.0433. The molecule has 3 aliphatic rings. The normalized spacial score (nSPS) is 24.8. The number of hydrogen-bond donors (Lipinski definition) is 0. The molecule has 0 saturated carbocycles. The number of nitrogens with zero attached hydrogens (tertiary/aromatic N) is 1. The molecule has 0 amide bonds. The largest absolute Gasteiger partial charge is 0.487 e. The van der Waals surface area contributed by atoms with Crippen molar-refractivity contribution in [3.63, 3.8) is 0 Å². The molecule has 0 N–H and O–H groups in total. The number of rotatable bonds is 15. The SMILES string of the molecule is CCCCCCCCCCCCCCCCC1(C)CCc2c3c(c(C)c(C)c2O1)O[C@@H]1OCCN(C)[C@@H]1C3. The van der Waals surface area contributed by atoms with Crippen molar-refractivity contribution >= 4 is 0 Å². The van der Waals surface area contributed by atoms with Crippen LogP contribution in [0.5, 0.6) is 11.5 Å². The van der Waals surface area contributed by atoms with Crippen LogP contribution >= 0.6 is 0 Å². The molecule has 0 aromatic heterocycles. The second-order valence-corrected chi connectivity index (χ2v) is 12.9. The maximum atomic E-state index is 6.87. The lowest BCUT2D eigenvalue weighted by Gasteiger charge is -2.45. The first-order chi connectivity index (χ1) is 18.4. The highest BCUT2D eigenvalue weighted by atomic mass is 16.7. The highest BCUT2D eigenvalue weighted by molar-refractivity contribution is 5.60.